The summed E-state index contributed by atoms with van der Waals surface area (Å²) in [4.78, 5) is 37.7. The van der Waals surface area contributed by atoms with Gasteiger partial charge in [-0.25, -0.2) is 9.69 Å². The van der Waals surface area contributed by atoms with Crippen LogP contribution in [-0.2, 0) is 14.3 Å². The average Bonchev–Trinajstić information content (AvgIpc) is 3.09. The third-order valence-electron chi connectivity index (χ3n) is 4.77. The predicted molar refractivity (Wildman–Crippen MR) is 80.3 cm³/mol. The van der Waals surface area contributed by atoms with Crippen LogP contribution >= 0.6 is 11.6 Å². The van der Waals surface area contributed by atoms with E-state index in [2.05, 4.69) is 0 Å². The molecule has 1 aromatic rings. The molecule has 0 spiro atoms. The van der Waals surface area contributed by atoms with Crippen LogP contribution in [0.15, 0.2) is 30.4 Å². The lowest BCUT2D eigenvalue weighted by molar-refractivity contribution is -0.126. The number of ether oxygens (including phenoxy) is 1. The summed E-state index contributed by atoms with van der Waals surface area (Å²) < 4.78 is 5.74. The van der Waals surface area contributed by atoms with Gasteiger partial charge in [0.1, 0.15) is 0 Å². The first kappa shape index (κ1) is 14.4. The number of imide groups is 1. The molecule has 4 rings (SSSR count). The number of aromatic carboxylic acids is 1. The Morgan fingerprint density at radius 3 is 2.74 bits per heavy atom. The van der Waals surface area contributed by atoms with Gasteiger partial charge in [0.05, 0.1) is 39.8 Å². The molecular formula is C16H12ClNO5. The Morgan fingerprint density at radius 1 is 1.35 bits per heavy atom. The SMILES string of the molecule is C[C@@]12C=C[C@@H](O1)[C@@H]1C(=O)N(c3ccc(Cl)c(C(=O)O)c3)C(=O)[C@@H]12. The monoisotopic (exact) mass is 333 g/mol. The van der Waals surface area contributed by atoms with Gasteiger partial charge < -0.3 is 9.84 Å². The van der Waals surface area contributed by atoms with Gasteiger partial charge in [-0.15, -0.1) is 0 Å². The van der Waals surface area contributed by atoms with Crippen molar-refractivity contribution in [3.63, 3.8) is 0 Å². The molecule has 2 bridgehead atoms. The molecule has 2 saturated heterocycles. The fourth-order valence-electron chi connectivity index (χ4n) is 3.72. The quantitative estimate of drug-likeness (QED) is 0.660. The van der Waals surface area contributed by atoms with E-state index in [-0.39, 0.29) is 28.1 Å². The number of amides is 2. The molecule has 0 aromatic heterocycles. The average molecular weight is 334 g/mol. The second-order valence-electron chi connectivity index (χ2n) is 6.11. The van der Waals surface area contributed by atoms with Crippen molar-refractivity contribution >= 4 is 35.1 Å². The number of carbonyl (C=O) groups is 3. The molecule has 0 saturated carbocycles. The molecule has 7 heteroatoms. The first-order chi connectivity index (χ1) is 10.8. The maximum absolute atomic E-state index is 12.8. The fraction of sp³-hybridized carbons (Fsp3) is 0.312. The van der Waals surface area contributed by atoms with E-state index in [9.17, 15) is 14.4 Å². The Kier molecular flexibility index (Phi) is 2.77. The summed E-state index contributed by atoms with van der Waals surface area (Å²) in [5.41, 5.74) is -0.705. The van der Waals surface area contributed by atoms with Gasteiger partial charge in [-0.1, -0.05) is 23.8 Å². The van der Waals surface area contributed by atoms with Crippen LogP contribution < -0.4 is 4.90 Å². The first-order valence-corrected chi connectivity index (χ1v) is 7.49. The second kappa shape index (κ2) is 4.43. The molecule has 118 valence electrons. The molecule has 6 nitrogen and oxygen atoms in total. The molecule has 4 atom stereocenters. The van der Waals surface area contributed by atoms with Gasteiger partial charge in [0.15, 0.2) is 0 Å². The molecule has 3 aliphatic rings. The van der Waals surface area contributed by atoms with Crippen molar-refractivity contribution < 1.29 is 24.2 Å². The van der Waals surface area contributed by atoms with E-state index in [4.69, 9.17) is 21.4 Å². The summed E-state index contributed by atoms with van der Waals surface area (Å²) in [6.07, 6.45) is 3.22. The number of nitrogens with zero attached hydrogens (tertiary/aromatic N) is 1. The normalized spacial score (nSPS) is 34.3. The molecule has 0 unspecified atom stereocenters. The number of hydrogen-bond acceptors (Lipinski definition) is 4. The topological polar surface area (TPSA) is 83.9 Å². The lowest BCUT2D eigenvalue weighted by Crippen LogP contribution is -2.38. The zero-order valence-corrected chi connectivity index (χ0v) is 12.8. The van der Waals surface area contributed by atoms with Crippen LogP contribution in [0.1, 0.15) is 17.3 Å². The van der Waals surface area contributed by atoms with Gasteiger partial charge in [0.2, 0.25) is 11.8 Å². The third kappa shape index (κ3) is 1.76. The second-order valence-corrected chi connectivity index (χ2v) is 6.52. The molecule has 3 heterocycles. The van der Waals surface area contributed by atoms with Crippen LogP contribution in [0.4, 0.5) is 5.69 Å². The van der Waals surface area contributed by atoms with Gasteiger partial charge in [-0.3, -0.25) is 9.59 Å². The van der Waals surface area contributed by atoms with Gasteiger partial charge in [-0.05, 0) is 25.1 Å². The summed E-state index contributed by atoms with van der Waals surface area (Å²) in [7, 11) is 0. The van der Waals surface area contributed by atoms with Crippen LogP contribution in [0.2, 0.25) is 5.02 Å². The summed E-state index contributed by atoms with van der Waals surface area (Å²) in [6, 6.07) is 4.10. The Morgan fingerprint density at radius 2 is 2.09 bits per heavy atom. The number of halogens is 1. The highest BCUT2D eigenvalue weighted by atomic mass is 35.5. The van der Waals surface area contributed by atoms with Gasteiger partial charge >= 0.3 is 5.97 Å². The molecule has 23 heavy (non-hydrogen) atoms. The largest absolute Gasteiger partial charge is 0.478 e. The zero-order chi connectivity index (χ0) is 16.5. The van der Waals surface area contributed by atoms with Gasteiger partial charge in [0, 0.05) is 0 Å². The zero-order valence-electron chi connectivity index (χ0n) is 12.0. The van der Waals surface area contributed by atoms with E-state index in [0.717, 1.165) is 4.90 Å². The number of benzene rings is 1. The Labute approximate surface area is 136 Å². The highest BCUT2D eigenvalue weighted by molar-refractivity contribution is 6.34. The van der Waals surface area contributed by atoms with Crippen molar-refractivity contribution in [1.29, 1.82) is 0 Å². The molecule has 0 aliphatic carbocycles. The summed E-state index contributed by atoms with van der Waals surface area (Å²) in [5, 5.41) is 9.21. The number of hydrogen-bond donors (Lipinski definition) is 1. The molecular weight excluding hydrogens is 322 g/mol. The van der Waals surface area contributed by atoms with Crippen LogP contribution in [-0.4, -0.2) is 34.6 Å². The number of carboxylic acid groups (broad SMARTS) is 1. The van der Waals surface area contributed by atoms with Crippen molar-refractivity contribution in [3.05, 3.63) is 40.9 Å². The Bertz CT molecular complexity index is 804. The molecule has 0 radical (unpaired) electrons. The standard InChI is InChI=1S/C16H12ClNO5/c1-16-5-4-10(23-16)11-12(16)14(20)18(13(11)19)7-2-3-9(17)8(6-7)15(21)22/h2-6,10-12H,1H3,(H,21,22)/t10-,11+,12-,16+/m1/s1. The van der Waals surface area contributed by atoms with Gasteiger partial charge in [0.25, 0.3) is 0 Å². The summed E-state index contributed by atoms with van der Waals surface area (Å²) in [6.45, 7) is 1.79. The van der Waals surface area contributed by atoms with Gasteiger partial charge in [-0.2, -0.15) is 0 Å². The number of fused-ring (bicyclic) bond motifs is 5. The molecule has 2 fully saturated rings. The Hall–Kier alpha value is -2.18. The smallest absolute Gasteiger partial charge is 0.337 e. The summed E-state index contributed by atoms with van der Waals surface area (Å²) in [5.74, 6) is -3.08. The van der Waals surface area contributed by atoms with Crippen molar-refractivity contribution in [1.82, 2.24) is 0 Å². The fourth-order valence-corrected chi connectivity index (χ4v) is 3.92. The maximum atomic E-state index is 12.8. The minimum Gasteiger partial charge on any atom is -0.478 e. The predicted octanol–water partition coefficient (Wildman–Crippen LogP) is 1.87. The third-order valence-corrected chi connectivity index (χ3v) is 5.10. The van der Waals surface area contributed by atoms with Crippen molar-refractivity contribution in [2.24, 2.45) is 11.8 Å². The maximum Gasteiger partial charge on any atom is 0.337 e. The van der Waals surface area contributed by atoms with Crippen molar-refractivity contribution in [2.75, 3.05) is 4.90 Å². The lowest BCUT2D eigenvalue weighted by atomic mass is 9.78. The highest BCUT2D eigenvalue weighted by Crippen LogP contribution is 2.52. The van der Waals surface area contributed by atoms with Crippen LogP contribution in [0, 0.1) is 11.8 Å². The molecule has 3 aliphatic heterocycles. The van der Waals surface area contributed by atoms with Crippen molar-refractivity contribution in [3.8, 4) is 0 Å². The minimum absolute atomic E-state index is 0.0533. The Balaban J connectivity index is 1.78. The minimum atomic E-state index is -1.21. The van der Waals surface area contributed by atoms with E-state index in [1.165, 1.54) is 18.2 Å². The number of anilines is 1. The highest BCUT2D eigenvalue weighted by Gasteiger charge is 2.66. The number of carbonyl (C=O) groups excluding carboxylic acids is 2. The number of rotatable bonds is 2. The van der Waals surface area contributed by atoms with Crippen LogP contribution in [0.3, 0.4) is 0 Å². The first-order valence-electron chi connectivity index (χ1n) is 7.11. The van der Waals surface area contributed by atoms with E-state index in [1.54, 1.807) is 13.0 Å². The van der Waals surface area contributed by atoms with Crippen molar-refractivity contribution in [2.45, 2.75) is 18.6 Å². The van der Waals surface area contributed by atoms with E-state index >= 15 is 0 Å². The van der Waals surface area contributed by atoms with Crippen LogP contribution in [0.5, 0.6) is 0 Å². The number of carboxylic acids is 1. The lowest BCUT2D eigenvalue weighted by Gasteiger charge is -2.24. The van der Waals surface area contributed by atoms with Crippen LogP contribution in [0.25, 0.3) is 0 Å². The summed E-state index contributed by atoms with van der Waals surface area (Å²) >= 11 is 5.85. The molecule has 1 N–H and O–H groups in total. The van der Waals surface area contributed by atoms with E-state index in [1.807, 2.05) is 6.08 Å². The molecule has 2 amide bonds. The van der Waals surface area contributed by atoms with E-state index < -0.39 is 29.5 Å². The van der Waals surface area contributed by atoms with E-state index in [0.29, 0.717) is 0 Å². The molecule has 1 aromatic carbocycles.